The lowest BCUT2D eigenvalue weighted by Crippen LogP contribution is -2.26. The Labute approximate surface area is 135 Å². The van der Waals surface area contributed by atoms with Crippen LogP contribution in [0.25, 0.3) is 0 Å². The van der Waals surface area contributed by atoms with Gasteiger partial charge in [-0.05, 0) is 52.7 Å². The van der Waals surface area contributed by atoms with Gasteiger partial charge in [0.1, 0.15) is 0 Å². The third kappa shape index (κ3) is 3.95. The lowest BCUT2D eigenvalue weighted by Gasteiger charge is -2.08. The first-order valence-electron chi connectivity index (χ1n) is 5.67. The molecular weight excluding hydrogens is 384 g/mol. The fraction of sp³-hybridized carbons (Fsp3) is 0.167. The highest BCUT2D eigenvalue weighted by atomic mass is 79.9. The second kappa shape index (κ2) is 6.44. The molecule has 3 N–H and O–H groups in total. The topological polar surface area (TPSA) is 72.2 Å². The Balaban J connectivity index is 2.04. The zero-order valence-electron chi connectivity index (χ0n) is 10.3. The molecule has 0 aliphatic carbocycles. The molecule has 0 aliphatic heterocycles. The SMILES string of the molecule is Nc1ccc(S(=O)(=O)NCCc2ccc(Cl)s2)c(Br)c1. The van der Waals surface area contributed by atoms with E-state index in [0.717, 1.165) is 4.88 Å². The van der Waals surface area contributed by atoms with Crippen LogP contribution < -0.4 is 10.5 Å². The molecule has 0 unspecified atom stereocenters. The third-order valence-electron chi connectivity index (χ3n) is 2.54. The number of sulfonamides is 1. The van der Waals surface area contributed by atoms with Gasteiger partial charge in [-0.2, -0.15) is 0 Å². The number of halogens is 2. The Hall–Kier alpha value is -0.600. The number of hydrogen-bond donors (Lipinski definition) is 2. The van der Waals surface area contributed by atoms with Crippen molar-refractivity contribution in [2.75, 3.05) is 12.3 Å². The largest absolute Gasteiger partial charge is 0.399 e. The quantitative estimate of drug-likeness (QED) is 0.763. The van der Waals surface area contributed by atoms with Crippen LogP contribution in [-0.4, -0.2) is 15.0 Å². The summed E-state index contributed by atoms with van der Waals surface area (Å²) in [6.45, 7) is 0.315. The predicted octanol–water partition coefficient (Wildman–Crippen LogP) is 3.27. The maximum Gasteiger partial charge on any atom is 0.241 e. The second-order valence-corrected chi connectivity index (χ2v) is 8.43. The zero-order valence-corrected chi connectivity index (χ0v) is 14.2. The van der Waals surface area contributed by atoms with Crippen LogP contribution in [0.2, 0.25) is 4.34 Å². The second-order valence-electron chi connectivity index (χ2n) is 4.04. The van der Waals surface area contributed by atoms with Crippen LogP contribution in [-0.2, 0) is 16.4 Å². The molecule has 0 spiro atoms. The van der Waals surface area contributed by atoms with Crippen molar-refractivity contribution < 1.29 is 8.42 Å². The highest BCUT2D eigenvalue weighted by molar-refractivity contribution is 9.10. The monoisotopic (exact) mass is 394 g/mol. The summed E-state index contributed by atoms with van der Waals surface area (Å²) in [6.07, 6.45) is 0.600. The van der Waals surface area contributed by atoms with Crippen LogP contribution >= 0.6 is 38.9 Å². The molecule has 108 valence electrons. The Kier molecular flexibility index (Phi) is 5.09. The van der Waals surface area contributed by atoms with E-state index < -0.39 is 10.0 Å². The number of benzene rings is 1. The number of thiophene rings is 1. The Morgan fingerprint density at radius 1 is 1.30 bits per heavy atom. The van der Waals surface area contributed by atoms with Crippen molar-refractivity contribution in [2.24, 2.45) is 0 Å². The molecule has 0 radical (unpaired) electrons. The number of nitrogens with one attached hydrogen (secondary N) is 1. The minimum atomic E-state index is -3.55. The lowest BCUT2D eigenvalue weighted by atomic mass is 10.3. The van der Waals surface area contributed by atoms with Gasteiger partial charge in [-0.3, -0.25) is 0 Å². The number of anilines is 1. The van der Waals surface area contributed by atoms with Crippen LogP contribution in [0.1, 0.15) is 4.88 Å². The van der Waals surface area contributed by atoms with E-state index in [0.29, 0.717) is 27.5 Å². The molecular formula is C12H12BrClN2O2S2. The van der Waals surface area contributed by atoms with E-state index >= 15 is 0 Å². The van der Waals surface area contributed by atoms with E-state index in [1.165, 1.54) is 17.4 Å². The van der Waals surface area contributed by atoms with Crippen molar-refractivity contribution >= 4 is 54.6 Å². The predicted molar refractivity (Wildman–Crippen MR) is 86.8 cm³/mol. The Morgan fingerprint density at radius 3 is 2.65 bits per heavy atom. The van der Waals surface area contributed by atoms with Gasteiger partial charge in [0.25, 0.3) is 0 Å². The first kappa shape index (κ1) is 15.8. The van der Waals surface area contributed by atoms with Gasteiger partial charge in [0.05, 0.1) is 9.23 Å². The minimum absolute atomic E-state index is 0.177. The molecule has 0 aliphatic rings. The zero-order chi connectivity index (χ0) is 14.8. The molecule has 1 aromatic carbocycles. The molecule has 1 aromatic heterocycles. The Morgan fingerprint density at radius 2 is 2.05 bits per heavy atom. The van der Waals surface area contributed by atoms with Gasteiger partial charge in [-0.1, -0.05) is 11.6 Å². The molecule has 8 heteroatoms. The molecule has 0 fully saturated rings. The number of nitrogens with two attached hydrogens (primary N) is 1. The lowest BCUT2D eigenvalue weighted by molar-refractivity contribution is 0.581. The summed E-state index contributed by atoms with van der Waals surface area (Å²) in [6, 6.07) is 8.28. The maximum absolute atomic E-state index is 12.2. The minimum Gasteiger partial charge on any atom is -0.399 e. The van der Waals surface area contributed by atoms with E-state index in [1.54, 1.807) is 18.2 Å². The molecule has 1 heterocycles. The highest BCUT2D eigenvalue weighted by Crippen LogP contribution is 2.24. The van der Waals surface area contributed by atoms with Crippen molar-refractivity contribution in [3.05, 3.63) is 44.0 Å². The van der Waals surface area contributed by atoms with Gasteiger partial charge in [0.15, 0.2) is 0 Å². The van der Waals surface area contributed by atoms with E-state index in [-0.39, 0.29) is 4.90 Å². The van der Waals surface area contributed by atoms with Gasteiger partial charge in [-0.15, -0.1) is 11.3 Å². The van der Waals surface area contributed by atoms with Crippen molar-refractivity contribution in [3.8, 4) is 0 Å². The highest BCUT2D eigenvalue weighted by Gasteiger charge is 2.17. The van der Waals surface area contributed by atoms with Crippen LogP contribution in [0.4, 0.5) is 5.69 Å². The van der Waals surface area contributed by atoms with Gasteiger partial charge < -0.3 is 5.73 Å². The summed E-state index contributed by atoms with van der Waals surface area (Å²) >= 11 is 10.5. The van der Waals surface area contributed by atoms with Crippen LogP contribution in [0.15, 0.2) is 39.7 Å². The number of rotatable bonds is 5. The number of nitrogen functional groups attached to an aromatic ring is 1. The standard InChI is InChI=1S/C12H12BrClN2O2S2/c13-10-7-8(15)1-3-11(10)20(17,18)16-6-5-9-2-4-12(14)19-9/h1-4,7,16H,5-6,15H2. The molecule has 0 saturated carbocycles. The first-order chi connectivity index (χ1) is 9.38. The van der Waals surface area contributed by atoms with E-state index in [9.17, 15) is 8.42 Å². The molecule has 0 amide bonds. The van der Waals surface area contributed by atoms with Crippen LogP contribution in [0, 0.1) is 0 Å². The summed E-state index contributed by atoms with van der Waals surface area (Å²) in [5.74, 6) is 0. The molecule has 20 heavy (non-hydrogen) atoms. The van der Waals surface area contributed by atoms with Crippen molar-refractivity contribution in [2.45, 2.75) is 11.3 Å². The fourth-order valence-corrected chi connectivity index (χ4v) is 4.82. The summed E-state index contributed by atoms with van der Waals surface area (Å²) in [5, 5.41) is 0. The molecule has 2 aromatic rings. The van der Waals surface area contributed by atoms with Crippen LogP contribution in [0.5, 0.6) is 0 Å². The van der Waals surface area contributed by atoms with E-state index in [4.69, 9.17) is 17.3 Å². The summed E-state index contributed by atoms with van der Waals surface area (Å²) in [4.78, 5) is 1.21. The normalized spacial score (nSPS) is 11.7. The smallest absolute Gasteiger partial charge is 0.241 e. The van der Waals surface area contributed by atoms with Gasteiger partial charge in [0, 0.05) is 21.6 Å². The van der Waals surface area contributed by atoms with E-state index in [2.05, 4.69) is 20.7 Å². The molecule has 0 atom stereocenters. The Bertz CT molecular complexity index is 716. The van der Waals surface area contributed by atoms with Crippen molar-refractivity contribution in [1.82, 2.24) is 4.72 Å². The summed E-state index contributed by atoms with van der Waals surface area (Å²) < 4.78 is 28.0. The summed E-state index contributed by atoms with van der Waals surface area (Å²) in [7, 11) is -3.55. The average molecular weight is 396 g/mol. The van der Waals surface area contributed by atoms with Gasteiger partial charge >= 0.3 is 0 Å². The molecule has 0 bridgehead atoms. The first-order valence-corrected chi connectivity index (χ1v) is 9.14. The number of hydrogen-bond acceptors (Lipinski definition) is 4. The molecule has 4 nitrogen and oxygen atoms in total. The summed E-state index contributed by atoms with van der Waals surface area (Å²) in [5.41, 5.74) is 6.10. The van der Waals surface area contributed by atoms with Crippen LogP contribution in [0.3, 0.4) is 0 Å². The molecule has 0 saturated heterocycles. The maximum atomic E-state index is 12.2. The average Bonchev–Trinajstić information content (AvgIpc) is 2.74. The van der Waals surface area contributed by atoms with Crippen molar-refractivity contribution in [3.63, 3.8) is 0 Å². The fourth-order valence-electron chi connectivity index (χ4n) is 1.61. The third-order valence-corrected chi connectivity index (χ3v) is 6.27. The van der Waals surface area contributed by atoms with E-state index in [1.807, 2.05) is 6.07 Å². The molecule has 2 rings (SSSR count). The van der Waals surface area contributed by atoms with Gasteiger partial charge in [0.2, 0.25) is 10.0 Å². The van der Waals surface area contributed by atoms with Crippen molar-refractivity contribution in [1.29, 1.82) is 0 Å². The van der Waals surface area contributed by atoms with Gasteiger partial charge in [-0.25, -0.2) is 13.1 Å².